The highest BCUT2D eigenvalue weighted by molar-refractivity contribution is 5.78. The first-order valence-electron chi connectivity index (χ1n) is 3.89. The molecular formula is C10H8O3. The van der Waals surface area contributed by atoms with E-state index in [1.54, 1.807) is 13.0 Å². The third kappa shape index (κ3) is 1.18. The molecular weight excluding hydrogens is 168 g/mol. The van der Waals surface area contributed by atoms with Crippen molar-refractivity contribution in [1.29, 1.82) is 0 Å². The number of hydrogen-bond acceptors (Lipinski definition) is 3. The monoisotopic (exact) mass is 176 g/mol. The summed E-state index contributed by atoms with van der Waals surface area (Å²) in [7, 11) is 0. The molecule has 3 heteroatoms. The van der Waals surface area contributed by atoms with E-state index in [-0.39, 0.29) is 11.2 Å². The summed E-state index contributed by atoms with van der Waals surface area (Å²) < 4.78 is 5.17. The van der Waals surface area contributed by atoms with Gasteiger partial charge in [-0.05, 0) is 25.1 Å². The Hall–Kier alpha value is -1.77. The van der Waals surface area contributed by atoms with E-state index < -0.39 is 0 Å². The van der Waals surface area contributed by atoms with Crippen molar-refractivity contribution in [3.63, 3.8) is 0 Å². The van der Waals surface area contributed by atoms with Gasteiger partial charge in [0.15, 0.2) is 5.43 Å². The zero-order valence-electron chi connectivity index (χ0n) is 7.07. The Labute approximate surface area is 74.2 Å². The van der Waals surface area contributed by atoms with Gasteiger partial charge in [0.05, 0.1) is 11.6 Å². The third-order valence-electron chi connectivity index (χ3n) is 1.93. The Bertz CT molecular complexity index is 506. The first-order chi connectivity index (χ1) is 6.18. The standard InChI is InChI=1S/C10H8O3/c1-6-5-13-9-3-2-7(11)4-8(9)10(6)12/h2-5,11H,1H3. The lowest BCUT2D eigenvalue weighted by Crippen LogP contribution is -2.03. The highest BCUT2D eigenvalue weighted by atomic mass is 16.3. The molecule has 0 bridgehead atoms. The van der Waals surface area contributed by atoms with Crippen LogP contribution in [-0.4, -0.2) is 5.11 Å². The smallest absolute Gasteiger partial charge is 0.195 e. The maximum Gasteiger partial charge on any atom is 0.195 e. The fourth-order valence-electron chi connectivity index (χ4n) is 1.22. The highest BCUT2D eigenvalue weighted by Crippen LogP contribution is 2.16. The molecule has 0 atom stereocenters. The number of phenolic OH excluding ortho intramolecular Hbond substituents is 1. The number of rotatable bonds is 0. The first-order valence-corrected chi connectivity index (χ1v) is 3.89. The fourth-order valence-corrected chi connectivity index (χ4v) is 1.22. The van der Waals surface area contributed by atoms with Gasteiger partial charge in [0.1, 0.15) is 11.3 Å². The fraction of sp³-hybridized carbons (Fsp3) is 0.100. The van der Waals surface area contributed by atoms with Gasteiger partial charge in [0.2, 0.25) is 0 Å². The van der Waals surface area contributed by atoms with Crippen LogP contribution in [-0.2, 0) is 0 Å². The lowest BCUT2D eigenvalue weighted by Gasteiger charge is -1.97. The van der Waals surface area contributed by atoms with Crippen molar-refractivity contribution in [2.75, 3.05) is 0 Å². The summed E-state index contributed by atoms with van der Waals surface area (Å²) >= 11 is 0. The van der Waals surface area contributed by atoms with E-state index >= 15 is 0 Å². The largest absolute Gasteiger partial charge is 0.508 e. The van der Waals surface area contributed by atoms with Gasteiger partial charge in [-0.1, -0.05) is 0 Å². The minimum atomic E-state index is -0.0999. The normalized spacial score (nSPS) is 10.5. The van der Waals surface area contributed by atoms with Gasteiger partial charge >= 0.3 is 0 Å². The number of benzene rings is 1. The van der Waals surface area contributed by atoms with E-state index in [9.17, 15) is 4.79 Å². The molecule has 1 aromatic carbocycles. The van der Waals surface area contributed by atoms with Crippen LogP contribution in [0.15, 0.2) is 33.7 Å². The summed E-state index contributed by atoms with van der Waals surface area (Å²) in [6, 6.07) is 4.47. The highest BCUT2D eigenvalue weighted by Gasteiger charge is 2.03. The predicted molar refractivity (Wildman–Crippen MR) is 48.9 cm³/mol. The Morgan fingerprint density at radius 1 is 1.38 bits per heavy atom. The van der Waals surface area contributed by atoms with Crippen molar-refractivity contribution in [3.05, 3.63) is 40.2 Å². The molecule has 13 heavy (non-hydrogen) atoms. The van der Waals surface area contributed by atoms with Gasteiger partial charge in [-0.25, -0.2) is 0 Å². The van der Waals surface area contributed by atoms with Crippen LogP contribution in [0.25, 0.3) is 11.0 Å². The van der Waals surface area contributed by atoms with Crippen molar-refractivity contribution < 1.29 is 9.52 Å². The van der Waals surface area contributed by atoms with Crippen molar-refractivity contribution in [2.24, 2.45) is 0 Å². The molecule has 0 radical (unpaired) electrons. The summed E-state index contributed by atoms with van der Waals surface area (Å²) in [6.07, 6.45) is 1.42. The lowest BCUT2D eigenvalue weighted by molar-refractivity contribution is 0.475. The molecule has 2 rings (SSSR count). The summed E-state index contributed by atoms with van der Waals surface area (Å²) in [4.78, 5) is 11.5. The molecule has 0 saturated heterocycles. The van der Waals surface area contributed by atoms with Crippen molar-refractivity contribution in [2.45, 2.75) is 6.92 Å². The van der Waals surface area contributed by atoms with Crippen LogP contribution in [0.2, 0.25) is 0 Å². The van der Waals surface area contributed by atoms with Gasteiger partial charge < -0.3 is 9.52 Å². The molecule has 1 N–H and O–H groups in total. The van der Waals surface area contributed by atoms with Crippen LogP contribution < -0.4 is 5.43 Å². The van der Waals surface area contributed by atoms with E-state index in [2.05, 4.69) is 0 Å². The molecule has 0 aliphatic carbocycles. The van der Waals surface area contributed by atoms with E-state index in [1.165, 1.54) is 18.4 Å². The second-order valence-corrected chi connectivity index (χ2v) is 2.93. The summed E-state index contributed by atoms with van der Waals surface area (Å²) in [6.45, 7) is 1.68. The van der Waals surface area contributed by atoms with Crippen LogP contribution in [0.4, 0.5) is 0 Å². The van der Waals surface area contributed by atoms with Crippen LogP contribution >= 0.6 is 0 Å². The van der Waals surface area contributed by atoms with E-state index in [4.69, 9.17) is 9.52 Å². The molecule has 1 heterocycles. The maximum absolute atomic E-state index is 11.5. The quantitative estimate of drug-likeness (QED) is 0.665. The SMILES string of the molecule is Cc1coc2ccc(O)cc2c1=O. The zero-order valence-corrected chi connectivity index (χ0v) is 7.07. The second kappa shape index (κ2) is 2.62. The molecule has 0 aliphatic rings. The summed E-state index contributed by atoms with van der Waals surface area (Å²) in [5.74, 6) is 0.0744. The number of phenols is 1. The molecule has 2 aromatic rings. The Kier molecular flexibility index (Phi) is 1.59. The van der Waals surface area contributed by atoms with E-state index in [0.717, 1.165) is 0 Å². The molecule has 3 nitrogen and oxygen atoms in total. The predicted octanol–water partition coefficient (Wildman–Crippen LogP) is 1.81. The zero-order chi connectivity index (χ0) is 9.42. The van der Waals surface area contributed by atoms with Gasteiger partial charge in [-0.15, -0.1) is 0 Å². The maximum atomic E-state index is 11.5. The van der Waals surface area contributed by atoms with Crippen molar-refractivity contribution in [3.8, 4) is 5.75 Å². The summed E-state index contributed by atoms with van der Waals surface area (Å²) in [5.41, 5.74) is 0.934. The van der Waals surface area contributed by atoms with E-state index in [1.807, 2.05) is 0 Å². The minimum absolute atomic E-state index is 0.0744. The minimum Gasteiger partial charge on any atom is -0.508 e. The molecule has 0 spiro atoms. The first kappa shape index (κ1) is 7.86. The van der Waals surface area contributed by atoms with Crippen LogP contribution in [0.3, 0.4) is 0 Å². The van der Waals surface area contributed by atoms with Gasteiger partial charge in [0.25, 0.3) is 0 Å². The molecule has 1 aromatic heterocycles. The van der Waals surface area contributed by atoms with Crippen LogP contribution in [0.5, 0.6) is 5.75 Å². The van der Waals surface area contributed by atoms with Gasteiger partial charge in [0, 0.05) is 5.56 Å². The topological polar surface area (TPSA) is 50.4 Å². The third-order valence-corrected chi connectivity index (χ3v) is 1.93. The Morgan fingerprint density at radius 3 is 2.92 bits per heavy atom. The average molecular weight is 176 g/mol. The van der Waals surface area contributed by atoms with Gasteiger partial charge in [-0.2, -0.15) is 0 Å². The number of aromatic hydroxyl groups is 1. The van der Waals surface area contributed by atoms with Crippen LogP contribution in [0.1, 0.15) is 5.56 Å². The molecule has 66 valence electrons. The number of fused-ring (bicyclic) bond motifs is 1. The molecule has 0 amide bonds. The number of aryl methyl sites for hydroxylation is 1. The van der Waals surface area contributed by atoms with Crippen LogP contribution in [0, 0.1) is 6.92 Å². The second-order valence-electron chi connectivity index (χ2n) is 2.93. The van der Waals surface area contributed by atoms with Gasteiger partial charge in [-0.3, -0.25) is 4.79 Å². The average Bonchev–Trinajstić information content (AvgIpc) is 2.12. The Morgan fingerprint density at radius 2 is 2.15 bits per heavy atom. The molecule has 0 unspecified atom stereocenters. The number of hydrogen-bond donors (Lipinski definition) is 1. The molecule has 0 saturated carbocycles. The lowest BCUT2D eigenvalue weighted by atomic mass is 10.2. The van der Waals surface area contributed by atoms with Crippen molar-refractivity contribution >= 4 is 11.0 Å². The van der Waals surface area contributed by atoms with Crippen molar-refractivity contribution in [1.82, 2.24) is 0 Å². The molecule has 0 aliphatic heterocycles. The molecule has 0 fully saturated rings. The summed E-state index contributed by atoms with van der Waals surface area (Å²) in [5, 5.41) is 9.58. The van der Waals surface area contributed by atoms with E-state index in [0.29, 0.717) is 16.5 Å². The Balaban J connectivity index is 2.97.